The number of halogens is 4. The average molecular weight is 286 g/mol. The Morgan fingerprint density at radius 3 is 2.28 bits per heavy atom. The van der Waals surface area contributed by atoms with Crippen LogP contribution in [0.1, 0.15) is 17.2 Å². The van der Waals surface area contributed by atoms with Gasteiger partial charge in [-0.1, -0.05) is 6.07 Å². The van der Waals surface area contributed by atoms with E-state index in [2.05, 4.69) is 0 Å². The van der Waals surface area contributed by atoms with Gasteiger partial charge in [0.05, 0.1) is 13.2 Å². The topological polar surface area (TPSA) is 55.5 Å². The molecule has 0 bridgehead atoms. The maximum Gasteiger partial charge on any atom is 0.416 e. The predicted octanol–water partition coefficient (Wildman–Crippen LogP) is 2.35. The number of ether oxygens (including phenoxy) is 1. The number of nitrogens with two attached hydrogens (primary N) is 1. The number of rotatable bonds is 3. The van der Waals surface area contributed by atoms with E-state index in [1.807, 2.05) is 0 Å². The van der Waals surface area contributed by atoms with Gasteiger partial charge in [0.1, 0.15) is 5.75 Å². The molecule has 0 amide bonds. The fraction of sp³-hybridized carbons (Fsp3) is 0.455. The van der Waals surface area contributed by atoms with Crippen LogP contribution in [0.3, 0.4) is 0 Å². The molecule has 2 atom stereocenters. The lowest BCUT2D eigenvalue weighted by Gasteiger charge is -2.23. The van der Waals surface area contributed by atoms with Crippen molar-refractivity contribution in [1.29, 1.82) is 0 Å². The van der Waals surface area contributed by atoms with Crippen LogP contribution in [0.25, 0.3) is 0 Å². The second-order valence-corrected chi connectivity index (χ2v) is 3.73. The molecule has 0 aliphatic heterocycles. The normalized spacial score (nSPS) is 14.6. The summed E-state index contributed by atoms with van der Waals surface area (Å²) in [7, 11) is 1.46. The van der Waals surface area contributed by atoms with Crippen LogP contribution >= 0.6 is 12.4 Å². The molecule has 3 N–H and O–H groups in total. The van der Waals surface area contributed by atoms with Gasteiger partial charge in [0.15, 0.2) is 6.10 Å². The number of benzene rings is 1. The van der Waals surface area contributed by atoms with E-state index in [9.17, 15) is 13.2 Å². The third kappa shape index (κ3) is 3.76. The van der Waals surface area contributed by atoms with Gasteiger partial charge in [-0.15, -0.1) is 12.4 Å². The second-order valence-electron chi connectivity index (χ2n) is 3.73. The molecule has 18 heavy (non-hydrogen) atoms. The van der Waals surface area contributed by atoms with E-state index in [1.165, 1.54) is 19.2 Å². The van der Waals surface area contributed by atoms with Crippen LogP contribution in [0.4, 0.5) is 13.2 Å². The molecule has 1 rings (SSSR count). The van der Waals surface area contributed by atoms with E-state index < -0.39 is 18.3 Å². The van der Waals surface area contributed by atoms with Gasteiger partial charge in [0.2, 0.25) is 0 Å². The van der Waals surface area contributed by atoms with E-state index in [0.29, 0.717) is 11.3 Å². The quantitative estimate of drug-likeness (QED) is 0.896. The van der Waals surface area contributed by atoms with Crippen molar-refractivity contribution in [3.05, 3.63) is 29.3 Å². The van der Waals surface area contributed by atoms with E-state index in [0.717, 1.165) is 0 Å². The molecule has 0 spiro atoms. The van der Waals surface area contributed by atoms with Crippen LogP contribution in [0.2, 0.25) is 0 Å². The standard InChI is InChI=1S/C11H14F3NO2.ClH/c1-6-5-7(17-2)3-4-8(6)9(15)10(16)11(12,13)14;/h3-5,9-10,16H,15H2,1-2H3;1H/t9-,10-;/m1./s1. The Labute approximate surface area is 109 Å². The van der Waals surface area contributed by atoms with Gasteiger partial charge >= 0.3 is 6.18 Å². The van der Waals surface area contributed by atoms with Crippen LogP contribution in [-0.2, 0) is 0 Å². The van der Waals surface area contributed by atoms with Gasteiger partial charge in [0.25, 0.3) is 0 Å². The van der Waals surface area contributed by atoms with Crippen molar-refractivity contribution in [3.63, 3.8) is 0 Å². The fourth-order valence-electron chi connectivity index (χ4n) is 1.52. The van der Waals surface area contributed by atoms with E-state index in [-0.39, 0.29) is 18.0 Å². The minimum absolute atomic E-state index is 0. The molecule has 104 valence electrons. The first-order chi connectivity index (χ1) is 7.77. The lowest BCUT2D eigenvalue weighted by Crippen LogP contribution is -2.39. The summed E-state index contributed by atoms with van der Waals surface area (Å²) in [6.07, 6.45) is -7.30. The van der Waals surface area contributed by atoms with E-state index >= 15 is 0 Å². The zero-order chi connectivity index (χ0) is 13.2. The van der Waals surface area contributed by atoms with Crippen LogP contribution in [-0.4, -0.2) is 24.5 Å². The van der Waals surface area contributed by atoms with Crippen molar-refractivity contribution in [2.24, 2.45) is 5.73 Å². The summed E-state index contributed by atoms with van der Waals surface area (Å²) in [5, 5.41) is 9.08. The van der Waals surface area contributed by atoms with Crippen LogP contribution < -0.4 is 10.5 Å². The third-order valence-electron chi connectivity index (χ3n) is 2.51. The van der Waals surface area contributed by atoms with Crippen LogP contribution in [0, 0.1) is 6.92 Å². The van der Waals surface area contributed by atoms with Gasteiger partial charge in [-0.2, -0.15) is 13.2 Å². The second kappa shape index (κ2) is 6.26. The molecule has 0 aliphatic rings. The van der Waals surface area contributed by atoms with Gasteiger partial charge in [-0.3, -0.25) is 0 Å². The highest BCUT2D eigenvalue weighted by Crippen LogP contribution is 2.31. The molecule has 0 unspecified atom stereocenters. The zero-order valence-electron chi connectivity index (χ0n) is 9.86. The molecule has 0 fully saturated rings. The summed E-state index contributed by atoms with van der Waals surface area (Å²) in [6.45, 7) is 1.61. The van der Waals surface area contributed by atoms with Gasteiger partial charge in [-0.05, 0) is 30.2 Å². The summed E-state index contributed by atoms with van der Waals surface area (Å²) < 4.78 is 41.9. The largest absolute Gasteiger partial charge is 0.497 e. The molecule has 1 aromatic carbocycles. The number of alkyl halides is 3. The molecule has 7 heteroatoms. The minimum Gasteiger partial charge on any atom is -0.497 e. The van der Waals surface area contributed by atoms with Gasteiger partial charge in [-0.25, -0.2) is 0 Å². The van der Waals surface area contributed by atoms with Gasteiger partial charge < -0.3 is 15.6 Å². The summed E-state index contributed by atoms with van der Waals surface area (Å²) >= 11 is 0. The molecular formula is C11H15ClF3NO2. The van der Waals surface area contributed by atoms with Crippen molar-refractivity contribution in [3.8, 4) is 5.75 Å². The Balaban J connectivity index is 0.00000289. The molecule has 0 heterocycles. The molecule has 0 saturated heterocycles. The Morgan fingerprint density at radius 2 is 1.89 bits per heavy atom. The van der Waals surface area contributed by atoms with Crippen LogP contribution in [0.5, 0.6) is 5.75 Å². The molecule has 0 aliphatic carbocycles. The number of methoxy groups -OCH3 is 1. The summed E-state index contributed by atoms with van der Waals surface area (Å²) in [5.74, 6) is 0.528. The maximum absolute atomic E-state index is 12.3. The van der Waals surface area contributed by atoms with Crippen molar-refractivity contribution in [2.75, 3.05) is 7.11 Å². The Kier molecular flexibility index (Phi) is 5.92. The lowest BCUT2D eigenvalue weighted by molar-refractivity contribution is -0.210. The Morgan fingerprint density at radius 1 is 1.33 bits per heavy atom. The summed E-state index contributed by atoms with van der Waals surface area (Å²) in [4.78, 5) is 0. The van der Waals surface area contributed by atoms with Gasteiger partial charge in [0, 0.05) is 0 Å². The highest BCUT2D eigenvalue weighted by Gasteiger charge is 2.43. The van der Waals surface area contributed by atoms with Crippen molar-refractivity contribution in [2.45, 2.75) is 25.2 Å². The molecular weight excluding hydrogens is 271 g/mol. The fourth-order valence-corrected chi connectivity index (χ4v) is 1.52. The summed E-state index contributed by atoms with van der Waals surface area (Å²) in [6, 6.07) is 3.00. The highest BCUT2D eigenvalue weighted by molar-refractivity contribution is 5.85. The molecule has 1 aromatic rings. The molecule has 0 saturated carbocycles. The number of hydrogen-bond donors (Lipinski definition) is 2. The van der Waals surface area contributed by atoms with E-state index in [4.69, 9.17) is 15.6 Å². The number of hydrogen-bond acceptors (Lipinski definition) is 3. The first kappa shape index (κ1) is 17.0. The third-order valence-corrected chi connectivity index (χ3v) is 2.51. The average Bonchev–Trinajstić information content (AvgIpc) is 2.25. The predicted molar refractivity (Wildman–Crippen MR) is 64.0 cm³/mol. The first-order valence-electron chi connectivity index (χ1n) is 4.92. The van der Waals surface area contributed by atoms with Crippen molar-refractivity contribution >= 4 is 12.4 Å². The zero-order valence-corrected chi connectivity index (χ0v) is 10.7. The molecule has 0 aromatic heterocycles. The highest BCUT2D eigenvalue weighted by atomic mass is 35.5. The lowest BCUT2D eigenvalue weighted by atomic mass is 9.97. The maximum atomic E-state index is 12.3. The SMILES string of the molecule is COc1ccc([C@@H](N)[C@@H](O)C(F)(F)F)c(C)c1.Cl. The van der Waals surface area contributed by atoms with E-state index in [1.54, 1.807) is 13.0 Å². The smallest absolute Gasteiger partial charge is 0.416 e. The number of aliphatic hydroxyl groups is 1. The van der Waals surface area contributed by atoms with Crippen LogP contribution in [0.15, 0.2) is 18.2 Å². The number of aryl methyl sites for hydroxylation is 1. The minimum atomic E-state index is -4.73. The molecule has 0 radical (unpaired) electrons. The monoisotopic (exact) mass is 285 g/mol. The number of aliphatic hydroxyl groups excluding tert-OH is 1. The Hall–Kier alpha value is -0.980. The van der Waals surface area contributed by atoms with Crippen molar-refractivity contribution < 1.29 is 23.0 Å². The first-order valence-corrected chi connectivity index (χ1v) is 4.92. The Bertz CT molecular complexity index is 398. The molecule has 3 nitrogen and oxygen atoms in total. The summed E-state index contributed by atoms with van der Waals surface area (Å²) in [5.41, 5.74) is 6.19. The van der Waals surface area contributed by atoms with Crippen molar-refractivity contribution in [1.82, 2.24) is 0 Å².